The van der Waals surface area contributed by atoms with Crippen LogP contribution < -0.4 is 0 Å². The molecule has 0 spiro atoms. The fraction of sp³-hybridized carbons (Fsp3) is 0.167. The van der Waals surface area contributed by atoms with E-state index in [1.807, 2.05) is 30.3 Å². The minimum Gasteiger partial charge on any atom is -0.447 e. The molecule has 1 aromatic heterocycles. The van der Waals surface area contributed by atoms with Gasteiger partial charge in [-0.25, -0.2) is 13.9 Å². The first-order chi connectivity index (χ1) is 12.2. The lowest BCUT2D eigenvalue weighted by Crippen LogP contribution is -2.34. The maximum Gasteiger partial charge on any atom is 0.411 e. The Hall–Kier alpha value is -3.22. The molecule has 2 aromatic carbocycles. The Labute approximate surface area is 143 Å². The molecule has 1 atom stereocenters. The number of carbonyl (C=O) groups is 1. The number of amides is 1. The Morgan fingerprint density at radius 2 is 2.00 bits per heavy atom. The molecular weight excluding hydrogens is 323 g/mol. The molecule has 0 unspecified atom stereocenters. The lowest BCUT2D eigenvalue weighted by molar-refractivity contribution is 0.139. The van der Waals surface area contributed by atoms with Crippen LogP contribution >= 0.6 is 0 Å². The van der Waals surface area contributed by atoms with Crippen molar-refractivity contribution >= 4 is 6.09 Å². The Kier molecular flexibility index (Phi) is 3.89. The summed E-state index contributed by atoms with van der Waals surface area (Å²) in [5, 5.41) is 7.77. The maximum absolute atomic E-state index is 14.7. The van der Waals surface area contributed by atoms with Crippen molar-refractivity contribution in [3.8, 4) is 11.1 Å². The van der Waals surface area contributed by atoms with Gasteiger partial charge in [-0.1, -0.05) is 47.7 Å². The molecule has 1 amide bonds. The Bertz CT molecular complexity index is 883. The molecule has 0 N–H and O–H groups in total. The third kappa shape index (κ3) is 2.84. The van der Waals surface area contributed by atoms with Gasteiger partial charge in [-0.3, -0.25) is 4.90 Å². The number of ether oxygens (including phenoxy) is 1. The third-order valence-corrected chi connectivity index (χ3v) is 4.16. The predicted molar refractivity (Wildman–Crippen MR) is 88.1 cm³/mol. The second kappa shape index (κ2) is 6.35. The van der Waals surface area contributed by atoms with Gasteiger partial charge in [-0.15, -0.1) is 5.10 Å². The first-order valence-electron chi connectivity index (χ1n) is 7.88. The molecular formula is C18H15FN4O2. The van der Waals surface area contributed by atoms with Crippen LogP contribution in [0.3, 0.4) is 0 Å². The zero-order chi connectivity index (χ0) is 17.2. The number of cyclic esters (lactones) is 1. The van der Waals surface area contributed by atoms with Gasteiger partial charge in [-0.05, 0) is 17.2 Å². The van der Waals surface area contributed by atoms with E-state index in [0.717, 1.165) is 5.56 Å². The van der Waals surface area contributed by atoms with E-state index in [1.165, 1.54) is 21.8 Å². The highest BCUT2D eigenvalue weighted by molar-refractivity contribution is 5.70. The summed E-state index contributed by atoms with van der Waals surface area (Å²) in [7, 11) is 0. The monoisotopic (exact) mass is 338 g/mol. The van der Waals surface area contributed by atoms with Crippen LogP contribution in [0.5, 0.6) is 0 Å². The summed E-state index contributed by atoms with van der Waals surface area (Å²) < 4.78 is 21.3. The molecule has 6 nitrogen and oxygen atoms in total. The van der Waals surface area contributed by atoms with Crippen molar-refractivity contribution in [3.05, 3.63) is 72.3 Å². The van der Waals surface area contributed by atoms with Crippen molar-refractivity contribution < 1.29 is 13.9 Å². The SMILES string of the molecule is O=C1OCCN1[C@@H](c1ccc(-c2ccccc2)c(F)c1)n1ccnn1. The summed E-state index contributed by atoms with van der Waals surface area (Å²) in [6, 6.07) is 14.3. The summed E-state index contributed by atoms with van der Waals surface area (Å²) in [5.74, 6) is -0.360. The van der Waals surface area contributed by atoms with Crippen molar-refractivity contribution in [3.63, 3.8) is 0 Å². The molecule has 2 heterocycles. The minimum absolute atomic E-state index is 0.300. The first kappa shape index (κ1) is 15.3. The topological polar surface area (TPSA) is 60.2 Å². The molecule has 4 rings (SSSR count). The Morgan fingerprint density at radius 1 is 1.16 bits per heavy atom. The molecule has 0 bridgehead atoms. The van der Waals surface area contributed by atoms with Gasteiger partial charge in [0.2, 0.25) is 0 Å². The number of aromatic nitrogens is 3. The van der Waals surface area contributed by atoms with Gasteiger partial charge < -0.3 is 4.74 Å². The van der Waals surface area contributed by atoms with Crippen molar-refractivity contribution in [1.82, 2.24) is 19.9 Å². The highest BCUT2D eigenvalue weighted by atomic mass is 19.1. The predicted octanol–water partition coefficient (Wildman–Crippen LogP) is 3.08. The number of nitrogens with zero attached hydrogens (tertiary/aromatic N) is 4. The molecule has 1 aliphatic rings. The fourth-order valence-corrected chi connectivity index (χ4v) is 2.99. The van der Waals surface area contributed by atoms with E-state index in [2.05, 4.69) is 10.3 Å². The van der Waals surface area contributed by atoms with Crippen molar-refractivity contribution in [1.29, 1.82) is 0 Å². The second-order valence-corrected chi connectivity index (χ2v) is 5.67. The lowest BCUT2D eigenvalue weighted by atomic mass is 10.0. The normalized spacial score (nSPS) is 15.2. The number of benzene rings is 2. The van der Waals surface area contributed by atoms with Crippen LogP contribution in [0.25, 0.3) is 11.1 Å². The van der Waals surface area contributed by atoms with Crippen LogP contribution in [-0.4, -0.2) is 39.1 Å². The number of halogens is 1. The van der Waals surface area contributed by atoms with Gasteiger partial charge in [0.05, 0.1) is 12.7 Å². The number of hydrogen-bond acceptors (Lipinski definition) is 4. The van der Waals surface area contributed by atoms with E-state index in [0.29, 0.717) is 24.3 Å². The molecule has 3 aromatic rings. The van der Waals surface area contributed by atoms with E-state index in [9.17, 15) is 9.18 Å². The van der Waals surface area contributed by atoms with Crippen LogP contribution in [0.2, 0.25) is 0 Å². The van der Waals surface area contributed by atoms with Crippen LogP contribution in [0.1, 0.15) is 11.7 Å². The van der Waals surface area contributed by atoms with E-state index < -0.39 is 12.3 Å². The Morgan fingerprint density at radius 3 is 2.64 bits per heavy atom. The van der Waals surface area contributed by atoms with E-state index in [4.69, 9.17) is 4.74 Å². The average molecular weight is 338 g/mol. The van der Waals surface area contributed by atoms with E-state index in [1.54, 1.807) is 18.3 Å². The molecule has 25 heavy (non-hydrogen) atoms. The first-order valence-corrected chi connectivity index (χ1v) is 7.88. The number of carbonyl (C=O) groups excluding carboxylic acids is 1. The molecule has 1 saturated heterocycles. The third-order valence-electron chi connectivity index (χ3n) is 4.16. The minimum atomic E-state index is -0.600. The zero-order valence-corrected chi connectivity index (χ0v) is 13.2. The van der Waals surface area contributed by atoms with Gasteiger partial charge in [0.15, 0.2) is 6.17 Å². The van der Waals surface area contributed by atoms with Crippen molar-refractivity contribution in [2.24, 2.45) is 0 Å². The zero-order valence-electron chi connectivity index (χ0n) is 13.2. The van der Waals surface area contributed by atoms with Crippen LogP contribution in [0.15, 0.2) is 60.9 Å². The standard InChI is InChI=1S/C18H15FN4O2/c19-16-12-14(6-7-15(16)13-4-2-1-3-5-13)17(23-9-8-20-21-23)22-10-11-25-18(22)24/h1-9,12,17H,10-11H2/t17-/m1/s1. The quantitative estimate of drug-likeness (QED) is 0.733. The smallest absolute Gasteiger partial charge is 0.411 e. The van der Waals surface area contributed by atoms with E-state index >= 15 is 0 Å². The lowest BCUT2D eigenvalue weighted by Gasteiger charge is -2.26. The summed E-state index contributed by atoms with van der Waals surface area (Å²) in [6.07, 6.45) is 2.10. The van der Waals surface area contributed by atoms with Crippen LogP contribution in [0.4, 0.5) is 9.18 Å². The second-order valence-electron chi connectivity index (χ2n) is 5.67. The Balaban J connectivity index is 1.75. The summed E-state index contributed by atoms with van der Waals surface area (Å²) in [4.78, 5) is 13.5. The van der Waals surface area contributed by atoms with Crippen molar-refractivity contribution in [2.45, 2.75) is 6.17 Å². The van der Waals surface area contributed by atoms with Gasteiger partial charge in [0, 0.05) is 11.8 Å². The number of hydrogen-bond donors (Lipinski definition) is 0. The summed E-state index contributed by atoms with van der Waals surface area (Å²) in [5.41, 5.74) is 1.90. The molecule has 1 aliphatic heterocycles. The van der Waals surface area contributed by atoms with Gasteiger partial charge in [0.25, 0.3) is 0 Å². The van der Waals surface area contributed by atoms with Crippen molar-refractivity contribution in [2.75, 3.05) is 13.2 Å². The van der Waals surface area contributed by atoms with Crippen LogP contribution in [0, 0.1) is 5.82 Å². The van der Waals surface area contributed by atoms with Gasteiger partial charge in [0.1, 0.15) is 12.4 Å². The highest BCUT2D eigenvalue weighted by Gasteiger charge is 2.33. The maximum atomic E-state index is 14.7. The van der Waals surface area contributed by atoms with E-state index in [-0.39, 0.29) is 5.82 Å². The van der Waals surface area contributed by atoms with Gasteiger partial charge in [-0.2, -0.15) is 0 Å². The molecule has 1 fully saturated rings. The number of rotatable bonds is 4. The van der Waals surface area contributed by atoms with Gasteiger partial charge >= 0.3 is 6.09 Å². The fourth-order valence-electron chi connectivity index (χ4n) is 2.99. The summed E-state index contributed by atoms with van der Waals surface area (Å²) >= 11 is 0. The molecule has 0 aliphatic carbocycles. The summed E-state index contributed by atoms with van der Waals surface area (Å²) in [6.45, 7) is 0.708. The molecule has 0 saturated carbocycles. The molecule has 126 valence electrons. The molecule has 7 heteroatoms. The highest BCUT2D eigenvalue weighted by Crippen LogP contribution is 2.29. The molecule has 0 radical (unpaired) electrons. The van der Waals surface area contributed by atoms with Crippen LogP contribution in [-0.2, 0) is 4.74 Å². The largest absolute Gasteiger partial charge is 0.447 e. The average Bonchev–Trinajstić information content (AvgIpc) is 3.29.